The van der Waals surface area contributed by atoms with Crippen LogP contribution in [-0.2, 0) is 4.79 Å². The van der Waals surface area contributed by atoms with Crippen LogP contribution >= 0.6 is 0 Å². The van der Waals surface area contributed by atoms with E-state index in [1.165, 1.54) is 10.5 Å². The summed E-state index contributed by atoms with van der Waals surface area (Å²) in [5.41, 5.74) is 0.571. The maximum Gasteiger partial charge on any atom is 0.408 e. The fraction of sp³-hybridized carbons (Fsp3) is 0.529. The molecule has 0 unspecified atom stereocenters. The zero-order chi connectivity index (χ0) is 16.3. The van der Waals surface area contributed by atoms with Gasteiger partial charge in [-0.15, -0.1) is 0 Å². The second-order valence-electron chi connectivity index (χ2n) is 6.77. The van der Waals surface area contributed by atoms with Crippen LogP contribution in [0.2, 0.25) is 0 Å². The van der Waals surface area contributed by atoms with Gasteiger partial charge >= 0.3 is 6.09 Å². The molecule has 2 N–H and O–H groups in total. The van der Waals surface area contributed by atoms with E-state index in [4.69, 9.17) is 0 Å². The number of carbonyl (C=O) groups excluding carboxylic acids is 1. The molecule has 0 aromatic heterocycles. The average molecular weight is 304 g/mol. The molecule has 5 nitrogen and oxygen atoms in total. The quantitative estimate of drug-likeness (QED) is 0.882. The molecule has 0 saturated carbocycles. The van der Waals surface area contributed by atoms with Gasteiger partial charge in [0.15, 0.2) is 0 Å². The molecule has 0 radical (unpaired) electrons. The second-order valence-corrected chi connectivity index (χ2v) is 6.77. The zero-order valence-electron chi connectivity index (χ0n) is 13.4. The number of rotatable bonds is 2. The molecule has 5 heteroatoms. The number of benzene rings is 1. The van der Waals surface area contributed by atoms with Crippen molar-refractivity contribution in [3.05, 3.63) is 35.9 Å². The first-order chi connectivity index (χ1) is 10.3. The summed E-state index contributed by atoms with van der Waals surface area (Å²) in [6.07, 6.45) is 0.271. The summed E-state index contributed by atoms with van der Waals surface area (Å²) >= 11 is 0. The summed E-state index contributed by atoms with van der Waals surface area (Å²) in [4.78, 5) is 25.2. The summed E-state index contributed by atoms with van der Waals surface area (Å²) in [6, 6.07) is 9.40. The number of carbonyl (C=O) groups is 2. The molecule has 22 heavy (non-hydrogen) atoms. The highest BCUT2D eigenvalue weighted by Crippen LogP contribution is 2.28. The Kier molecular flexibility index (Phi) is 4.74. The van der Waals surface area contributed by atoms with Gasteiger partial charge in [-0.1, -0.05) is 30.3 Å². The molecule has 1 aromatic carbocycles. The van der Waals surface area contributed by atoms with Crippen LogP contribution < -0.4 is 5.32 Å². The molecule has 0 aliphatic carbocycles. The van der Waals surface area contributed by atoms with Crippen molar-refractivity contribution < 1.29 is 14.7 Å². The fourth-order valence-electron chi connectivity index (χ4n) is 3.08. The van der Waals surface area contributed by atoms with Gasteiger partial charge in [0.05, 0.1) is 0 Å². The van der Waals surface area contributed by atoms with Crippen molar-refractivity contribution in [2.24, 2.45) is 0 Å². The van der Waals surface area contributed by atoms with Crippen LogP contribution in [0.5, 0.6) is 0 Å². The summed E-state index contributed by atoms with van der Waals surface area (Å²) in [7, 11) is 0. The summed E-state index contributed by atoms with van der Waals surface area (Å²) < 4.78 is 0. The first kappa shape index (κ1) is 16.3. The minimum absolute atomic E-state index is 0.198. The SMILES string of the molecule is CC(C)(C)N(C(=O)O)[C@@H]1CC[C@@H](c2ccccc2)CNC1=O. The monoisotopic (exact) mass is 304 g/mol. The van der Waals surface area contributed by atoms with Gasteiger partial charge in [-0.3, -0.25) is 9.69 Å². The lowest BCUT2D eigenvalue weighted by molar-refractivity contribution is -0.127. The predicted molar refractivity (Wildman–Crippen MR) is 84.8 cm³/mol. The Bertz CT molecular complexity index is 537. The Morgan fingerprint density at radius 1 is 1.23 bits per heavy atom. The lowest BCUT2D eigenvalue weighted by atomic mass is 9.92. The van der Waals surface area contributed by atoms with Gasteiger partial charge < -0.3 is 10.4 Å². The third kappa shape index (κ3) is 3.59. The molecule has 1 fully saturated rings. The normalized spacial score (nSPS) is 22.6. The number of nitrogens with one attached hydrogen (secondary N) is 1. The third-order valence-electron chi connectivity index (χ3n) is 4.13. The molecule has 2 atom stereocenters. The average Bonchev–Trinajstić information content (AvgIpc) is 2.61. The van der Waals surface area contributed by atoms with E-state index in [-0.39, 0.29) is 11.8 Å². The molecule has 1 aromatic rings. The summed E-state index contributed by atoms with van der Waals surface area (Å²) in [5, 5.41) is 12.4. The van der Waals surface area contributed by atoms with Crippen LogP contribution in [0.1, 0.15) is 45.1 Å². The molecule has 0 spiro atoms. The van der Waals surface area contributed by atoms with Crippen molar-refractivity contribution in [1.82, 2.24) is 10.2 Å². The Morgan fingerprint density at radius 2 is 1.86 bits per heavy atom. The van der Waals surface area contributed by atoms with Gasteiger partial charge in [-0.2, -0.15) is 0 Å². The molecule has 2 amide bonds. The molecule has 1 aliphatic rings. The number of nitrogens with zero attached hydrogens (tertiary/aromatic N) is 1. The van der Waals surface area contributed by atoms with E-state index in [0.717, 1.165) is 6.42 Å². The van der Waals surface area contributed by atoms with Gasteiger partial charge in [-0.05, 0) is 39.2 Å². The van der Waals surface area contributed by atoms with Crippen LogP contribution in [0.3, 0.4) is 0 Å². The molecular formula is C17H24N2O3. The highest BCUT2D eigenvalue weighted by Gasteiger charge is 2.39. The van der Waals surface area contributed by atoms with Crippen LogP contribution in [0.4, 0.5) is 4.79 Å². The van der Waals surface area contributed by atoms with E-state index in [9.17, 15) is 14.7 Å². The number of hydrogen-bond donors (Lipinski definition) is 2. The molecule has 1 aliphatic heterocycles. The highest BCUT2D eigenvalue weighted by atomic mass is 16.4. The molecule has 2 rings (SSSR count). The van der Waals surface area contributed by atoms with Gasteiger partial charge in [0.1, 0.15) is 6.04 Å². The van der Waals surface area contributed by atoms with Gasteiger partial charge in [0.25, 0.3) is 0 Å². The largest absolute Gasteiger partial charge is 0.465 e. The number of carboxylic acid groups (broad SMARTS) is 1. The van der Waals surface area contributed by atoms with Gasteiger partial charge in [-0.25, -0.2) is 4.79 Å². The van der Waals surface area contributed by atoms with Crippen molar-refractivity contribution in [3.63, 3.8) is 0 Å². The maximum atomic E-state index is 12.4. The van der Waals surface area contributed by atoms with Crippen molar-refractivity contribution in [2.75, 3.05) is 6.54 Å². The van der Waals surface area contributed by atoms with E-state index in [2.05, 4.69) is 17.4 Å². The van der Waals surface area contributed by atoms with Gasteiger partial charge in [0, 0.05) is 18.0 Å². The summed E-state index contributed by atoms with van der Waals surface area (Å²) in [6.45, 7) is 5.99. The predicted octanol–water partition coefficient (Wildman–Crippen LogP) is 2.83. The van der Waals surface area contributed by atoms with E-state index >= 15 is 0 Å². The van der Waals surface area contributed by atoms with Crippen molar-refractivity contribution in [1.29, 1.82) is 0 Å². The van der Waals surface area contributed by atoms with Crippen LogP contribution in [0.15, 0.2) is 30.3 Å². The topological polar surface area (TPSA) is 69.6 Å². The Morgan fingerprint density at radius 3 is 2.41 bits per heavy atom. The van der Waals surface area contributed by atoms with Crippen molar-refractivity contribution in [3.8, 4) is 0 Å². The minimum Gasteiger partial charge on any atom is -0.465 e. The molecular weight excluding hydrogens is 280 g/mol. The van der Waals surface area contributed by atoms with E-state index in [0.29, 0.717) is 13.0 Å². The third-order valence-corrected chi connectivity index (χ3v) is 4.13. The van der Waals surface area contributed by atoms with Crippen molar-refractivity contribution >= 4 is 12.0 Å². The van der Waals surface area contributed by atoms with E-state index in [1.54, 1.807) is 0 Å². The highest BCUT2D eigenvalue weighted by molar-refractivity contribution is 5.86. The molecule has 1 heterocycles. The molecule has 120 valence electrons. The minimum atomic E-state index is -1.05. The Labute approximate surface area is 131 Å². The second kappa shape index (κ2) is 6.38. The lowest BCUT2D eigenvalue weighted by Gasteiger charge is -2.38. The number of hydrogen-bond acceptors (Lipinski definition) is 2. The van der Waals surface area contributed by atoms with E-state index in [1.807, 2.05) is 39.0 Å². The zero-order valence-corrected chi connectivity index (χ0v) is 13.4. The van der Waals surface area contributed by atoms with Crippen LogP contribution in [-0.4, -0.2) is 40.1 Å². The van der Waals surface area contributed by atoms with Crippen LogP contribution in [0.25, 0.3) is 0 Å². The maximum absolute atomic E-state index is 12.4. The fourth-order valence-corrected chi connectivity index (χ4v) is 3.08. The van der Waals surface area contributed by atoms with E-state index < -0.39 is 17.7 Å². The molecule has 0 bridgehead atoms. The Hall–Kier alpha value is -2.04. The van der Waals surface area contributed by atoms with Crippen LogP contribution in [0, 0.1) is 0 Å². The van der Waals surface area contributed by atoms with Crippen molar-refractivity contribution in [2.45, 2.75) is 51.1 Å². The Balaban J connectivity index is 2.19. The summed E-state index contributed by atoms with van der Waals surface area (Å²) in [5.74, 6) is 0.0292. The first-order valence-electron chi connectivity index (χ1n) is 7.65. The first-order valence-corrected chi connectivity index (χ1v) is 7.65. The molecule has 1 saturated heterocycles. The smallest absolute Gasteiger partial charge is 0.408 e. The standard InChI is InChI=1S/C17H24N2O3/c1-17(2,3)19(16(21)22)14-10-9-13(11-18-15(14)20)12-7-5-4-6-8-12/h4-8,13-14H,9-11H2,1-3H3,(H,18,20)(H,21,22)/t13-,14-/m1/s1. The van der Waals surface area contributed by atoms with Gasteiger partial charge in [0.2, 0.25) is 5.91 Å². The lowest BCUT2D eigenvalue weighted by Crippen LogP contribution is -2.56. The number of amides is 2.